The van der Waals surface area contributed by atoms with Gasteiger partial charge in [-0.05, 0) is 30.3 Å². The molecule has 1 N–H and O–H groups in total. The minimum atomic E-state index is -0.377. The molecule has 0 saturated carbocycles. The van der Waals surface area contributed by atoms with Crippen molar-refractivity contribution >= 4 is 28.8 Å². The van der Waals surface area contributed by atoms with Gasteiger partial charge in [-0.3, -0.25) is 24.1 Å². The zero-order chi connectivity index (χ0) is 29.8. The molecule has 1 aliphatic rings. The van der Waals surface area contributed by atoms with Crippen LogP contribution >= 0.6 is 0 Å². The van der Waals surface area contributed by atoms with Gasteiger partial charge in [-0.25, -0.2) is 4.98 Å². The number of aromatic nitrogens is 3. The summed E-state index contributed by atoms with van der Waals surface area (Å²) in [4.78, 5) is 57.9. The number of carbonyl (C=O) groups excluding carboxylic acids is 3. The van der Waals surface area contributed by atoms with Gasteiger partial charge in [0, 0.05) is 45.5 Å². The van der Waals surface area contributed by atoms with Crippen molar-refractivity contribution < 1.29 is 29.0 Å². The van der Waals surface area contributed by atoms with Gasteiger partial charge in [-0.1, -0.05) is 12.1 Å². The van der Waals surface area contributed by atoms with E-state index in [4.69, 9.17) is 19.6 Å². The van der Waals surface area contributed by atoms with Crippen LogP contribution in [0.25, 0.3) is 11.0 Å². The fourth-order valence-corrected chi connectivity index (χ4v) is 4.81. The Morgan fingerprint density at radius 1 is 0.929 bits per heavy atom. The maximum absolute atomic E-state index is 13.0. The lowest BCUT2D eigenvalue weighted by Crippen LogP contribution is -2.30. The van der Waals surface area contributed by atoms with Gasteiger partial charge in [-0.15, -0.1) is 0 Å². The number of pyridine rings is 1. The predicted octanol–water partition coefficient (Wildman–Crippen LogP) is 1.78. The number of hydrogen-bond acceptors (Lipinski definition) is 8. The number of fused-ring (bicyclic) bond motifs is 2. The Bertz CT molecular complexity index is 1670. The maximum atomic E-state index is 13.0. The topological polar surface area (TPSA) is 136 Å². The van der Waals surface area contributed by atoms with Crippen LogP contribution in [-0.2, 0) is 24.4 Å². The Balaban J connectivity index is 1.32. The largest absolute Gasteiger partial charge is 0.491 e. The number of carbonyl (C=O) groups is 3. The highest BCUT2D eigenvalue weighted by Gasteiger charge is 2.36. The van der Waals surface area contributed by atoms with Crippen LogP contribution in [-0.4, -0.2) is 87.3 Å². The zero-order valence-corrected chi connectivity index (χ0v) is 23.4. The molecule has 42 heavy (non-hydrogen) atoms. The van der Waals surface area contributed by atoms with Gasteiger partial charge < -0.3 is 28.6 Å². The second kappa shape index (κ2) is 12.4. The number of nitrogens with zero attached hydrogens (tertiary/aromatic N) is 5. The molecule has 0 unspecified atom stereocenters. The molecule has 0 radical (unpaired) electrons. The Labute approximate surface area is 241 Å². The molecule has 3 amide bonds. The second-order valence-corrected chi connectivity index (χ2v) is 9.91. The maximum Gasteiger partial charge on any atom is 0.261 e. The Kier molecular flexibility index (Phi) is 8.46. The van der Waals surface area contributed by atoms with Crippen LogP contribution in [0.1, 0.15) is 36.9 Å². The van der Waals surface area contributed by atoms with Crippen molar-refractivity contribution in [2.75, 3.05) is 40.5 Å². The summed E-state index contributed by atoms with van der Waals surface area (Å²) in [7, 11) is 3.29. The van der Waals surface area contributed by atoms with Crippen molar-refractivity contribution in [3.63, 3.8) is 0 Å². The number of aliphatic hydroxyl groups excluding tert-OH is 1. The van der Waals surface area contributed by atoms with E-state index in [0.29, 0.717) is 45.8 Å². The molecule has 0 fully saturated rings. The predicted molar refractivity (Wildman–Crippen MR) is 152 cm³/mol. The summed E-state index contributed by atoms with van der Waals surface area (Å²) >= 11 is 0. The van der Waals surface area contributed by atoms with Crippen LogP contribution in [0.3, 0.4) is 0 Å². The van der Waals surface area contributed by atoms with E-state index in [1.54, 1.807) is 56.6 Å². The van der Waals surface area contributed by atoms with E-state index in [0.717, 1.165) is 0 Å². The monoisotopic (exact) mass is 573 g/mol. The van der Waals surface area contributed by atoms with Gasteiger partial charge in [0.2, 0.25) is 0 Å². The highest BCUT2D eigenvalue weighted by molar-refractivity contribution is 6.21. The van der Waals surface area contributed by atoms with E-state index >= 15 is 0 Å². The average Bonchev–Trinajstić information content (AvgIpc) is 3.45. The van der Waals surface area contributed by atoms with E-state index in [-0.39, 0.29) is 62.8 Å². The molecule has 218 valence electrons. The van der Waals surface area contributed by atoms with Gasteiger partial charge in [0.15, 0.2) is 0 Å². The smallest absolute Gasteiger partial charge is 0.261 e. The highest BCUT2D eigenvalue weighted by Crippen LogP contribution is 2.27. The second-order valence-electron chi connectivity index (χ2n) is 9.91. The van der Waals surface area contributed by atoms with Crippen LogP contribution in [0, 0.1) is 0 Å². The van der Waals surface area contributed by atoms with Crippen LogP contribution < -0.4 is 10.3 Å². The van der Waals surface area contributed by atoms with Crippen molar-refractivity contribution in [3.8, 4) is 5.75 Å². The van der Waals surface area contributed by atoms with Gasteiger partial charge in [0.05, 0.1) is 54.1 Å². The molecule has 12 nitrogen and oxygen atoms in total. The Morgan fingerprint density at radius 2 is 1.64 bits per heavy atom. The number of imide groups is 1. The minimum Gasteiger partial charge on any atom is -0.491 e. The highest BCUT2D eigenvalue weighted by atomic mass is 16.5. The number of benzene rings is 2. The molecule has 5 rings (SSSR count). The molecule has 0 saturated heterocycles. The van der Waals surface area contributed by atoms with E-state index in [2.05, 4.69) is 0 Å². The third kappa shape index (κ3) is 5.80. The lowest BCUT2D eigenvalue weighted by Gasteiger charge is -2.16. The number of hydrogen-bond donors (Lipinski definition) is 1. The third-order valence-electron chi connectivity index (χ3n) is 6.91. The molecule has 2 aromatic heterocycles. The van der Waals surface area contributed by atoms with Gasteiger partial charge in [0.25, 0.3) is 23.3 Å². The average molecular weight is 574 g/mol. The van der Waals surface area contributed by atoms with Crippen LogP contribution in [0.15, 0.2) is 65.6 Å². The van der Waals surface area contributed by atoms with Crippen LogP contribution in [0.2, 0.25) is 0 Å². The Hall–Kier alpha value is -4.81. The standard InChI is InChI=1S/C30H31N5O7/c1-32(2)28(38)20-7-10-27(37)33(18-20)11-14-41-15-12-34-25-17-21(42-16-13-36)8-9-24(25)31-26(34)19-35-29(39)22-5-3-4-6-23(22)30(35)40/h3-10,17-18,36H,11-16,19H2,1-2H3. The summed E-state index contributed by atoms with van der Waals surface area (Å²) in [6.07, 6.45) is 1.52. The lowest BCUT2D eigenvalue weighted by atomic mass is 10.1. The molecule has 2 aromatic carbocycles. The molecule has 3 heterocycles. The number of rotatable bonds is 12. The molecule has 0 spiro atoms. The fourth-order valence-electron chi connectivity index (χ4n) is 4.81. The van der Waals surface area contributed by atoms with Crippen molar-refractivity contribution in [2.24, 2.45) is 0 Å². The summed E-state index contributed by atoms with van der Waals surface area (Å²) in [5, 5.41) is 9.15. The van der Waals surface area contributed by atoms with E-state index in [9.17, 15) is 19.2 Å². The molecule has 1 aliphatic heterocycles. The molecule has 0 atom stereocenters. The normalized spacial score (nSPS) is 12.7. The van der Waals surface area contributed by atoms with Gasteiger partial charge >= 0.3 is 0 Å². The number of amides is 3. The van der Waals surface area contributed by atoms with Gasteiger partial charge in [-0.2, -0.15) is 0 Å². The van der Waals surface area contributed by atoms with Crippen molar-refractivity contribution in [3.05, 3.63) is 93.7 Å². The number of ether oxygens (including phenoxy) is 2. The van der Waals surface area contributed by atoms with E-state index in [1.807, 2.05) is 4.57 Å². The molecule has 12 heteroatoms. The fraction of sp³-hybridized carbons (Fsp3) is 0.300. The summed E-state index contributed by atoms with van der Waals surface area (Å²) in [6, 6.07) is 14.9. The summed E-state index contributed by atoms with van der Waals surface area (Å²) in [6.45, 7) is 1.01. The Morgan fingerprint density at radius 3 is 2.33 bits per heavy atom. The minimum absolute atomic E-state index is 0.0318. The summed E-state index contributed by atoms with van der Waals surface area (Å²) in [5.74, 6) is 0.0752. The number of aliphatic hydroxyl groups is 1. The summed E-state index contributed by atoms with van der Waals surface area (Å²) < 4.78 is 14.7. The van der Waals surface area contributed by atoms with Crippen LogP contribution in [0.5, 0.6) is 5.75 Å². The summed E-state index contributed by atoms with van der Waals surface area (Å²) in [5.41, 5.74) is 2.24. The first-order chi connectivity index (χ1) is 20.3. The first kappa shape index (κ1) is 28.7. The first-order valence-corrected chi connectivity index (χ1v) is 13.5. The molecule has 0 aliphatic carbocycles. The molecule has 0 bridgehead atoms. The molecular formula is C30H31N5O7. The third-order valence-corrected chi connectivity index (χ3v) is 6.91. The van der Waals surface area contributed by atoms with E-state index < -0.39 is 0 Å². The van der Waals surface area contributed by atoms with Gasteiger partial charge in [0.1, 0.15) is 18.2 Å². The number of imidazole rings is 1. The van der Waals surface area contributed by atoms with Crippen molar-refractivity contribution in [2.45, 2.75) is 19.6 Å². The van der Waals surface area contributed by atoms with Crippen LogP contribution in [0.4, 0.5) is 0 Å². The lowest BCUT2D eigenvalue weighted by molar-refractivity contribution is 0.0634. The molecular weight excluding hydrogens is 542 g/mol. The quantitative estimate of drug-likeness (QED) is 0.200. The molecule has 4 aromatic rings. The van der Waals surface area contributed by atoms with Crippen molar-refractivity contribution in [1.29, 1.82) is 0 Å². The van der Waals surface area contributed by atoms with E-state index in [1.165, 1.54) is 32.7 Å². The SMILES string of the molecule is CN(C)C(=O)c1ccc(=O)n(CCOCCn2c(CN3C(=O)c4ccccc4C3=O)nc3ccc(OCCO)cc32)c1. The first-order valence-electron chi connectivity index (χ1n) is 13.5. The zero-order valence-electron chi connectivity index (χ0n) is 23.4. The van der Waals surface area contributed by atoms with Crippen molar-refractivity contribution in [1.82, 2.24) is 23.9 Å².